The highest BCUT2D eigenvalue weighted by Gasteiger charge is 2.42. The molecule has 1 amide bonds. The monoisotopic (exact) mass is 302 g/mol. The fourth-order valence-corrected chi connectivity index (χ4v) is 2.82. The number of ether oxygens (including phenoxy) is 1. The predicted octanol–water partition coefficient (Wildman–Crippen LogP) is 3.23. The molecule has 0 aromatic heterocycles. The molecular weight excluding hydrogens is 284 g/mol. The first-order valence-corrected chi connectivity index (χ1v) is 7.18. The molecule has 1 aromatic carbocycles. The molecule has 0 saturated heterocycles. The predicted molar refractivity (Wildman–Crippen MR) is 80.5 cm³/mol. The van der Waals surface area contributed by atoms with Gasteiger partial charge in [-0.05, 0) is 24.4 Å². The van der Waals surface area contributed by atoms with E-state index in [-0.39, 0.29) is 11.3 Å². The van der Waals surface area contributed by atoms with Gasteiger partial charge < -0.3 is 10.1 Å². The van der Waals surface area contributed by atoms with Crippen molar-refractivity contribution in [1.29, 1.82) is 0 Å². The van der Waals surface area contributed by atoms with E-state index in [4.69, 9.17) is 10.3 Å². The van der Waals surface area contributed by atoms with E-state index in [1.54, 1.807) is 24.3 Å². The fraction of sp³-hybridized carbons (Fsp3) is 0.467. The molecule has 1 N–H and O–H groups in total. The second kappa shape index (κ2) is 6.95. The van der Waals surface area contributed by atoms with E-state index in [0.717, 1.165) is 19.3 Å². The average molecular weight is 302 g/mol. The van der Waals surface area contributed by atoms with Gasteiger partial charge in [0.1, 0.15) is 5.54 Å². The van der Waals surface area contributed by atoms with Gasteiger partial charge >= 0.3 is 5.97 Å². The van der Waals surface area contributed by atoms with Crippen LogP contribution in [0.2, 0.25) is 0 Å². The summed E-state index contributed by atoms with van der Waals surface area (Å²) in [5.41, 5.74) is 8.06. The lowest BCUT2D eigenvalue weighted by Gasteiger charge is -2.35. The number of nitrogens with zero attached hydrogens (tertiary/aromatic N) is 3. The highest BCUT2D eigenvalue weighted by Crippen LogP contribution is 2.30. The number of carbonyl (C=O) groups is 2. The molecule has 1 aliphatic carbocycles. The number of methoxy groups -OCH3 is 1. The molecule has 0 aliphatic heterocycles. The normalized spacial score (nSPS) is 16.2. The molecule has 7 nitrogen and oxygen atoms in total. The second-order valence-electron chi connectivity index (χ2n) is 5.30. The van der Waals surface area contributed by atoms with E-state index in [1.807, 2.05) is 0 Å². The van der Waals surface area contributed by atoms with E-state index in [2.05, 4.69) is 15.3 Å². The van der Waals surface area contributed by atoms with Crippen molar-refractivity contribution in [3.8, 4) is 0 Å². The number of amides is 1. The van der Waals surface area contributed by atoms with Crippen LogP contribution in [0.4, 0.5) is 5.69 Å². The lowest BCUT2D eigenvalue weighted by Crippen LogP contribution is -2.56. The summed E-state index contributed by atoms with van der Waals surface area (Å²) in [4.78, 5) is 27.4. The Kier molecular flexibility index (Phi) is 5.01. The lowest BCUT2D eigenvalue weighted by molar-refractivity contribution is -0.149. The number of hydrogen-bond donors (Lipinski definition) is 1. The van der Waals surface area contributed by atoms with Crippen LogP contribution in [0.3, 0.4) is 0 Å². The Morgan fingerprint density at radius 2 is 1.95 bits per heavy atom. The molecule has 0 spiro atoms. The third-order valence-electron chi connectivity index (χ3n) is 3.94. The van der Waals surface area contributed by atoms with E-state index in [0.29, 0.717) is 12.8 Å². The van der Waals surface area contributed by atoms with Crippen molar-refractivity contribution >= 4 is 17.6 Å². The van der Waals surface area contributed by atoms with Gasteiger partial charge in [0.2, 0.25) is 0 Å². The zero-order valence-corrected chi connectivity index (χ0v) is 12.4. The standard InChI is InChI=1S/C15H18N4O3/c1-22-14(21)15(9-5-2-6-10-15)17-13(20)11-7-3-4-8-12(11)18-19-16/h3-4,7-8H,2,5-6,9-10H2,1H3,(H,17,20). The smallest absolute Gasteiger partial charge is 0.331 e. The maximum atomic E-state index is 12.5. The van der Waals surface area contributed by atoms with Crippen molar-refractivity contribution in [2.75, 3.05) is 7.11 Å². The second-order valence-corrected chi connectivity index (χ2v) is 5.30. The molecule has 0 atom stereocenters. The topological polar surface area (TPSA) is 104 Å². The lowest BCUT2D eigenvalue weighted by atomic mass is 9.81. The minimum absolute atomic E-state index is 0.235. The minimum atomic E-state index is -0.993. The number of carbonyl (C=O) groups excluding carboxylic acids is 2. The van der Waals surface area contributed by atoms with Crippen LogP contribution in [0.5, 0.6) is 0 Å². The van der Waals surface area contributed by atoms with Gasteiger partial charge in [-0.15, -0.1) is 0 Å². The van der Waals surface area contributed by atoms with Crippen molar-refractivity contribution in [3.63, 3.8) is 0 Å². The van der Waals surface area contributed by atoms with E-state index >= 15 is 0 Å². The van der Waals surface area contributed by atoms with Gasteiger partial charge in [-0.1, -0.05) is 42.6 Å². The quantitative estimate of drug-likeness (QED) is 0.399. The maximum absolute atomic E-state index is 12.5. The van der Waals surface area contributed by atoms with Gasteiger partial charge in [0.25, 0.3) is 5.91 Å². The maximum Gasteiger partial charge on any atom is 0.331 e. The van der Waals surface area contributed by atoms with Crippen LogP contribution in [0.25, 0.3) is 10.4 Å². The van der Waals surface area contributed by atoms with Crippen molar-refractivity contribution in [2.24, 2.45) is 5.11 Å². The summed E-state index contributed by atoms with van der Waals surface area (Å²) in [6.07, 6.45) is 3.84. The van der Waals surface area contributed by atoms with Gasteiger partial charge in [0, 0.05) is 10.5 Å². The molecule has 2 rings (SSSR count). The first-order valence-electron chi connectivity index (χ1n) is 7.18. The molecule has 22 heavy (non-hydrogen) atoms. The summed E-state index contributed by atoms with van der Waals surface area (Å²) in [5, 5.41) is 6.31. The number of azide groups is 1. The fourth-order valence-electron chi connectivity index (χ4n) is 2.82. The van der Waals surface area contributed by atoms with Crippen LogP contribution in [0, 0.1) is 0 Å². The molecule has 116 valence electrons. The summed E-state index contributed by atoms with van der Waals surface area (Å²) in [6, 6.07) is 6.47. The van der Waals surface area contributed by atoms with E-state index in [9.17, 15) is 9.59 Å². The summed E-state index contributed by atoms with van der Waals surface area (Å²) in [5.74, 6) is -0.864. The molecule has 0 bridgehead atoms. The van der Waals surface area contributed by atoms with Crippen molar-refractivity contribution in [1.82, 2.24) is 5.32 Å². The Morgan fingerprint density at radius 3 is 2.59 bits per heavy atom. The Labute approximate surface area is 128 Å². The SMILES string of the molecule is COC(=O)C1(NC(=O)c2ccccc2N=[N+]=[N-])CCCCC1. The highest BCUT2D eigenvalue weighted by molar-refractivity contribution is 6.01. The molecule has 1 aromatic rings. The van der Waals surface area contributed by atoms with E-state index in [1.165, 1.54) is 7.11 Å². The summed E-state index contributed by atoms with van der Waals surface area (Å²) in [6.45, 7) is 0. The number of rotatable bonds is 4. The Bertz CT molecular complexity index is 617. The van der Waals surface area contributed by atoms with Crippen molar-refractivity contribution in [3.05, 3.63) is 40.3 Å². The molecule has 0 radical (unpaired) electrons. The zero-order chi connectivity index (χ0) is 16.0. The molecule has 1 saturated carbocycles. The summed E-state index contributed by atoms with van der Waals surface area (Å²) in [7, 11) is 1.32. The molecule has 0 heterocycles. The van der Waals surface area contributed by atoms with Gasteiger partial charge in [-0.3, -0.25) is 4.79 Å². The first kappa shape index (κ1) is 15.9. The molecule has 1 aliphatic rings. The number of esters is 1. The van der Waals surface area contributed by atoms with Crippen LogP contribution in [-0.2, 0) is 9.53 Å². The number of benzene rings is 1. The van der Waals surface area contributed by atoms with Crippen LogP contribution >= 0.6 is 0 Å². The highest BCUT2D eigenvalue weighted by atomic mass is 16.5. The van der Waals surface area contributed by atoms with Crippen LogP contribution < -0.4 is 5.32 Å². The van der Waals surface area contributed by atoms with Crippen LogP contribution in [0.15, 0.2) is 29.4 Å². The third-order valence-corrected chi connectivity index (χ3v) is 3.94. The molecular formula is C15H18N4O3. The van der Waals surface area contributed by atoms with Gasteiger partial charge in [-0.2, -0.15) is 0 Å². The zero-order valence-electron chi connectivity index (χ0n) is 12.4. The first-order chi connectivity index (χ1) is 10.6. The summed E-state index contributed by atoms with van der Waals surface area (Å²) < 4.78 is 4.87. The Hall–Kier alpha value is -2.53. The molecule has 1 fully saturated rings. The minimum Gasteiger partial charge on any atom is -0.467 e. The number of hydrogen-bond acceptors (Lipinski definition) is 4. The van der Waals surface area contributed by atoms with Gasteiger partial charge in [0.15, 0.2) is 0 Å². The largest absolute Gasteiger partial charge is 0.467 e. The summed E-state index contributed by atoms with van der Waals surface area (Å²) >= 11 is 0. The van der Waals surface area contributed by atoms with Crippen LogP contribution in [0.1, 0.15) is 42.5 Å². The average Bonchev–Trinajstić information content (AvgIpc) is 2.55. The Morgan fingerprint density at radius 1 is 1.27 bits per heavy atom. The van der Waals surface area contributed by atoms with Crippen LogP contribution in [-0.4, -0.2) is 24.5 Å². The van der Waals surface area contributed by atoms with Gasteiger partial charge in [-0.25, -0.2) is 4.79 Å². The molecule has 0 unspecified atom stereocenters. The van der Waals surface area contributed by atoms with Crippen molar-refractivity contribution in [2.45, 2.75) is 37.6 Å². The van der Waals surface area contributed by atoms with Gasteiger partial charge in [0.05, 0.1) is 12.8 Å². The number of nitrogens with one attached hydrogen (secondary N) is 1. The molecule has 7 heteroatoms. The Balaban J connectivity index is 2.29. The third kappa shape index (κ3) is 3.20. The van der Waals surface area contributed by atoms with E-state index < -0.39 is 17.4 Å². The van der Waals surface area contributed by atoms with Crippen molar-refractivity contribution < 1.29 is 14.3 Å².